The number of nitrogens with one attached hydrogen (secondary N) is 1. The van der Waals surface area contributed by atoms with Crippen molar-refractivity contribution in [3.63, 3.8) is 0 Å². The van der Waals surface area contributed by atoms with E-state index in [0.717, 1.165) is 6.54 Å². The van der Waals surface area contributed by atoms with Crippen LogP contribution in [0.4, 0.5) is 10.2 Å². The first-order chi connectivity index (χ1) is 7.74. The van der Waals surface area contributed by atoms with Crippen LogP contribution in [0, 0.1) is 5.95 Å². The van der Waals surface area contributed by atoms with E-state index < -0.39 is 5.95 Å². The van der Waals surface area contributed by atoms with Crippen molar-refractivity contribution in [2.45, 2.75) is 25.8 Å². The van der Waals surface area contributed by atoms with E-state index in [0.29, 0.717) is 11.9 Å². The van der Waals surface area contributed by atoms with Crippen LogP contribution < -0.4 is 5.32 Å². The van der Waals surface area contributed by atoms with Gasteiger partial charge in [-0.15, -0.1) is 0 Å². The Kier molecular flexibility index (Phi) is 3.72. The molecule has 0 aromatic carbocycles. The number of hydrogen-bond donors (Lipinski definition) is 1. The van der Waals surface area contributed by atoms with Gasteiger partial charge in [-0.1, -0.05) is 6.07 Å². The fourth-order valence-electron chi connectivity index (χ4n) is 2.14. The van der Waals surface area contributed by atoms with Crippen LogP contribution in [0.2, 0.25) is 0 Å². The third-order valence-corrected chi connectivity index (χ3v) is 2.84. The number of aromatic nitrogens is 1. The third kappa shape index (κ3) is 3.17. The maximum absolute atomic E-state index is 12.9. The number of likely N-dealkylation sites (tertiary alicyclic amines) is 1. The molecule has 4 heteroatoms. The Morgan fingerprint density at radius 3 is 2.88 bits per heavy atom. The highest BCUT2D eigenvalue weighted by atomic mass is 19.1. The molecule has 1 unspecified atom stereocenters. The Balaban J connectivity index is 1.84. The second-order valence-electron chi connectivity index (χ2n) is 4.40. The monoisotopic (exact) mass is 223 g/mol. The van der Waals surface area contributed by atoms with Crippen molar-refractivity contribution in [3.8, 4) is 0 Å². The van der Waals surface area contributed by atoms with Gasteiger partial charge in [-0.2, -0.15) is 4.39 Å². The molecule has 1 aliphatic heterocycles. The average molecular weight is 223 g/mol. The summed E-state index contributed by atoms with van der Waals surface area (Å²) in [6.07, 6.45) is 2.59. The van der Waals surface area contributed by atoms with Gasteiger partial charge in [-0.05, 0) is 45.0 Å². The number of hydrogen-bond acceptors (Lipinski definition) is 3. The molecule has 1 atom stereocenters. The van der Waals surface area contributed by atoms with E-state index in [-0.39, 0.29) is 0 Å². The molecule has 0 radical (unpaired) electrons. The lowest BCUT2D eigenvalue weighted by Crippen LogP contribution is -2.33. The minimum Gasteiger partial charge on any atom is -0.366 e. The summed E-state index contributed by atoms with van der Waals surface area (Å²) in [4.78, 5) is 6.22. The third-order valence-electron chi connectivity index (χ3n) is 2.84. The second-order valence-corrected chi connectivity index (χ2v) is 4.40. The molecule has 0 saturated carbocycles. The van der Waals surface area contributed by atoms with Crippen molar-refractivity contribution in [2.24, 2.45) is 0 Å². The largest absolute Gasteiger partial charge is 0.366 e. The van der Waals surface area contributed by atoms with E-state index in [1.54, 1.807) is 12.1 Å². The SMILES string of the molecule is CC(CN1CCCC1)Nc1cccc(F)n1. The van der Waals surface area contributed by atoms with Crippen molar-refractivity contribution in [1.82, 2.24) is 9.88 Å². The molecule has 1 N–H and O–H groups in total. The summed E-state index contributed by atoms with van der Waals surface area (Å²) in [6.45, 7) is 5.47. The number of nitrogens with zero attached hydrogens (tertiary/aromatic N) is 2. The summed E-state index contributed by atoms with van der Waals surface area (Å²) in [5, 5.41) is 3.22. The van der Waals surface area contributed by atoms with Gasteiger partial charge in [0.1, 0.15) is 5.82 Å². The molecule has 0 spiro atoms. The molecule has 88 valence electrons. The molecule has 3 nitrogen and oxygen atoms in total. The number of rotatable bonds is 4. The Morgan fingerprint density at radius 2 is 2.19 bits per heavy atom. The van der Waals surface area contributed by atoms with E-state index in [9.17, 15) is 4.39 Å². The van der Waals surface area contributed by atoms with Gasteiger partial charge in [0.2, 0.25) is 5.95 Å². The van der Waals surface area contributed by atoms with E-state index in [1.165, 1.54) is 32.0 Å². The van der Waals surface area contributed by atoms with Gasteiger partial charge >= 0.3 is 0 Å². The highest BCUT2D eigenvalue weighted by Gasteiger charge is 2.14. The van der Waals surface area contributed by atoms with Crippen molar-refractivity contribution >= 4 is 5.82 Å². The molecular formula is C12H18FN3. The predicted octanol–water partition coefficient (Wildman–Crippen LogP) is 2.12. The zero-order valence-corrected chi connectivity index (χ0v) is 9.62. The lowest BCUT2D eigenvalue weighted by Gasteiger charge is -2.21. The van der Waals surface area contributed by atoms with Gasteiger partial charge in [-0.3, -0.25) is 0 Å². The quantitative estimate of drug-likeness (QED) is 0.792. The van der Waals surface area contributed by atoms with Crippen LogP contribution in [0.15, 0.2) is 18.2 Å². The summed E-state index contributed by atoms with van der Waals surface area (Å²) >= 11 is 0. The average Bonchev–Trinajstić information content (AvgIpc) is 2.70. The standard InChI is InChI=1S/C12H18FN3/c1-10(9-16-7-2-3-8-16)14-12-6-4-5-11(13)15-12/h4-6,10H,2-3,7-9H2,1H3,(H,14,15). The second kappa shape index (κ2) is 5.25. The Labute approximate surface area is 95.7 Å². The van der Waals surface area contributed by atoms with Crippen molar-refractivity contribution < 1.29 is 4.39 Å². The van der Waals surface area contributed by atoms with E-state index in [4.69, 9.17) is 0 Å². The molecule has 2 rings (SSSR count). The molecule has 16 heavy (non-hydrogen) atoms. The fraction of sp³-hybridized carbons (Fsp3) is 0.583. The van der Waals surface area contributed by atoms with Crippen LogP contribution in [-0.4, -0.2) is 35.6 Å². The maximum atomic E-state index is 12.9. The van der Waals surface area contributed by atoms with Crippen molar-refractivity contribution in [3.05, 3.63) is 24.1 Å². The highest BCUT2D eigenvalue weighted by Crippen LogP contribution is 2.10. The van der Waals surface area contributed by atoms with Gasteiger partial charge in [0.05, 0.1) is 0 Å². The summed E-state index contributed by atoms with van der Waals surface area (Å²) < 4.78 is 12.9. The van der Waals surface area contributed by atoms with Gasteiger partial charge in [0.25, 0.3) is 0 Å². The first-order valence-electron chi connectivity index (χ1n) is 5.85. The molecule has 0 amide bonds. The first kappa shape index (κ1) is 11.3. The molecule has 1 aromatic heterocycles. The summed E-state index contributed by atoms with van der Waals surface area (Å²) in [5.74, 6) is 0.185. The zero-order valence-electron chi connectivity index (χ0n) is 9.62. The Hall–Kier alpha value is -1.16. The highest BCUT2D eigenvalue weighted by molar-refractivity contribution is 5.34. The summed E-state index contributed by atoms with van der Waals surface area (Å²) in [6, 6.07) is 5.13. The van der Waals surface area contributed by atoms with E-state index >= 15 is 0 Å². The fourth-order valence-corrected chi connectivity index (χ4v) is 2.14. The maximum Gasteiger partial charge on any atom is 0.214 e. The first-order valence-corrected chi connectivity index (χ1v) is 5.85. The van der Waals surface area contributed by atoms with Crippen molar-refractivity contribution in [1.29, 1.82) is 0 Å². The minimum atomic E-state index is -0.432. The molecule has 0 bridgehead atoms. The number of halogens is 1. The lowest BCUT2D eigenvalue weighted by molar-refractivity contribution is 0.327. The molecule has 1 fully saturated rings. The van der Waals surface area contributed by atoms with Crippen LogP contribution in [-0.2, 0) is 0 Å². The van der Waals surface area contributed by atoms with Gasteiger partial charge in [0.15, 0.2) is 0 Å². The van der Waals surface area contributed by atoms with Crippen LogP contribution in [0.25, 0.3) is 0 Å². The normalized spacial score (nSPS) is 18.6. The van der Waals surface area contributed by atoms with Crippen LogP contribution >= 0.6 is 0 Å². The van der Waals surface area contributed by atoms with Crippen LogP contribution in [0.5, 0.6) is 0 Å². The Morgan fingerprint density at radius 1 is 1.44 bits per heavy atom. The predicted molar refractivity (Wildman–Crippen MR) is 63.0 cm³/mol. The van der Waals surface area contributed by atoms with Gasteiger partial charge < -0.3 is 10.2 Å². The lowest BCUT2D eigenvalue weighted by atomic mass is 10.3. The summed E-state index contributed by atoms with van der Waals surface area (Å²) in [7, 11) is 0. The Bertz CT molecular complexity index is 337. The molecular weight excluding hydrogens is 205 g/mol. The molecule has 2 heterocycles. The minimum absolute atomic E-state index is 0.299. The summed E-state index contributed by atoms with van der Waals surface area (Å²) in [5.41, 5.74) is 0. The zero-order chi connectivity index (χ0) is 11.4. The smallest absolute Gasteiger partial charge is 0.214 e. The molecule has 1 aliphatic rings. The number of anilines is 1. The van der Waals surface area contributed by atoms with Crippen molar-refractivity contribution in [2.75, 3.05) is 25.0 Å². The molecule has 0 aliphatic carbocycles. The molecule has 1 saturated heterocycles. The van der Waals surface area contributed by atoms with Gasteiger partial charge in [0, 0.05) is 12.6 Å². The van der Waals surface area contributed by atoms with Crippen LogP contribution in [0.1, 0.15) is 19.8 Å². The number of pyridine rings is 1. The van der Waals surface area contributed by atoms with E-state index in [1.807, 2.05) is 0 Å². The van der Waals surface area contributed by atoms with Gasteiger partial charge in [-0.25, -0.2) is 4.98 Å². The topological polar surface area (TPSA) is 28.2 Å². The van der Waals surface area contributed by atoms with E-state index in [2.05, 4.69) is 22.1 Å². The molecule has 1 aromatic rings. The van der Waals surface area contributed by atoms with Crippen LogP contribution in [0.3, 0.4) is 0 Å².